The van der Waals surface area contributed by atoms with Gasteiger partial charge in [0.15, 0.2) is 0 Å². The Kier molecular flexibility index (Phi) is 8.07. The summed E-state index contributed by atoms with van der Waals surface area (Å²) in [5, 5.41) is 6.18. The molecule has 0 aliphatic rings. The molecule has 0 saturated carbocycles. The third-order valence-electron chi connectivity index (χ3n) is 1.61. The van der Waals surface area contributed by atoms with E-state index >= 15 is 0 Å². The molecule has 0 rings (SSSR count). The van der Waals surface area contributed by atoms with Crippen molar-refractivity contribution in [3.8, 4) is 0 Å². The van der Waals surface area contributed by atoms with E-state index in [1.165, 1.54) is 6.26 Å². The fourth-order valence-corrected chi connectivity index (χ4v) is 1.37. The number of methoxy groups -OCH3 is 1. The Bertz CT molecular complexity index is 217. The molecule has 0 aromatic rings. The van der Waals surface area contributed by atoms with Gasteiger partial charge in [0.1, 0.15) is 9.84 Å². The van der Waals surface area contributed by atoms with Crippen LogP contribution in [0.15, 0.2) is 0 Å². The lowest BCUT2D eigenvalue weighted by molar-refractivity contribution is 0.199. The van der Waals surface area contributed by atoms with Crippen molar-refractivity contribution in [3.63, 3.8) is 0 Å². The molecule has 0 atom stereocenters. The molecule has 0 saturated heterocycles. The van der Waals surface area contributed by atoms with Crippen molar-refractivity contribution in [2.75, 3.05) is 51.9 Å². The van der Waals surface area contributed by atoms with E-state index in [0.29, 0.717) is 13.2 Å². The zero-order chi connectivity index (χ0) is 10.9. The van der Waals surface area contributed by atoms with Crippen LogP contribution in [0.2, 0.25) is 0 Å². The van der Waals surface area contributed by atoms with Crippen molar-refractivity contribution >= 4 is 9.84 Å². The van der Waals surface area contributed by atoms with Gasteiger partial charge in [0.2, 0.25) is 0 Å². The summed E-state index contributed by atoms with van der Waals surface area (Å²) in [6.07, 6.45) is 1.24. The van der Waals surface area contributed by atoms with Gasteiger partial charge in [-0.1, -0.05) is 0 Å². The molecule has 0 amide bonds. The molecule has 2 N–H and O–H groups in total. The molecule has 0 spiro atoms. The van der Waals surface area contributed by atoms with Gasteiger partial charge < -0.3 is 15.4 Å². The number of hydrogen-bond donors (Lipinski definition) is 2. The van der Waals surface area contributed by atoms with Crippen LogP contribution in [0.25, 0.3) is 0 Å². The highest BCUT2D eigenvalue weighted by atomic mass is 32.2. The molecule has 0 bridgehead atoms. The Morgan fingerprint density at radius 2 is 1.64 bits per heavy atom. The lowest BCUT2D eigenvalue weighted by atomic mass is 10.5. The lowest BCUT2D eigenvalue weighted by Gasteiger charge is -2.05. The highest BCUT2D eigenvalue weighted by Crippen LogP contribution is 1.78. The molecule has 86 valence electrons. The number of nitrogens with one attached hydrogen (secondary N) is 2. The first kappa shape index (κ1) is 13.8. The van der Waals surface area contributed by atoms with Crippen molar-refractivity contribution in [3.05, 3.63) is 0 Å². The van der Waals surface area contributed by atoms with Crippen LogP contribution in [0.4, 0.5) is 0 Å². The molecule has 0 radical (unpaired) electrons. The molecule has 0 aliphatic carbocycles. The van der Waals surface area contributed by atoms with Crippen molar-refractivity contribution in [1.29, 1.82) is 0 Å². The summed E-state index contributed by atoms with van der Waals surface area (Å²) in [7, 11) is -1.17. The number of rotatable bonds is 9. The van der Waals surface area contributed by atoms with Crippen LogP contribution < -0.4 is 10.6 Å². The third kappa shape index (κ3) is 11.8. The molecule has 0 aromatic heterocycles. The predicted molar refractivity (Wildman–Crippen MR) is 57.3 cm³/mol. The first-order valence-corrected chi connectivity index (χ1v) is 6.70. The molecular formula is C8H20N2O3S. The van der Waals surface area contributed by atoms with Crippen molar-refractivity contribution in [2.45, 2.75) is 0 Å². The SMILES string of the molecule is COCCNCCNCCS(C)(=O)=O. The summed E-state index contributed by atoms with van der Waals surface area (Å²) in [6, 6.07) is 0. The molecule has 0 aromatic carbocycles. The summed E-state index contributed by atoms with van der Waals surface area (Å²) < 4.78 is 26.3. The summed E-state index contributed by atoms with van der Waals surface area (Å²) in [4.78, 5) is 0. The Morgan fingerprint density at radius 3 is 2.14 bits per heavy atom. The minimum absolute atomic E-state index is 0.199. The first-order valence-electron chi connectivity index (χ1n) is 4.64. The number of hydrogen-bond acceptors (Lipinski definition) is 5. The molecule has 5 nitrogen and oxygen atoms in total. The largest absolute Gasteiger partial charge is 0.383 e. The maximum atomic E-state index is 10.7. The summed E-state index contributed by atoms with van der Waals surface area (Å²) in [6.45, 7) is 3.64. The Labute approximate surface area is 86.1 Å². The standard InChI is InChI=1S/C8H20N2O3S/c1-13-7-5-9-3-4-10-6-8-14(2,11)12/h9-10H,3-8H2,1-2H3. The minimum atomic E-state index is -2.83. The molecule has 6 heteroatoms. The van der Waals surface area contributed by atoms with Crippen molar-refractivity contribution in [2.24, 2.45) is 0 Å². The van der Waals surface area contributed by atoms with Gasteiger partial charge in [-0.2, -0.15) is 0 Å². The van der Waals surface area contributed by atoms with E-state index in [-0.39, 0.29) is 5.75 Å². The van der Waals surface area contributed by atoms with Gasteiger partial charge in [-0.3, -0.25) is 0 Å². The third-order valence-corrected chi connectivity index (χ3v) is 2.56. The van der Waals surface area contributed by atoms with Crippen LogP contribution in [-0.4, -0.2) is 60.3 Å². The van der Waals surface area contributed by atoms with Crippen LogP contribution in [0.1, 0.15) is 0 Å². The maximum Gasteiger partial charge on any atom is 0.148 e. The average Bonchev–Trinajstić information content (AvgIpc) is 2.08. The highest BCUT2D eigenvalue weighted by molar-refractivity contribution is 7.90. The van der Waals surface area contributed by atoms with Gasteiger partial charge in [0, 0.05) is 39.5 Å². The van der Waals surface area contributed by atoms with Gasteiger partial charge in [-0.05, 0) is 0 Å². The fraction of sp³-hybridized carbons (Fsp3) is 1.00. The average molecular weight is 224 g/mol. The zero-order valence-corrected chi connectivity index (χ0v) is 9.69. The highest BCUT2D eigenvalue weighted by Gasteiger charge is 1.99. The van der Waals surface area contributed by atoms with E-state index in [9.17, 15) is 8.42 Å². The zero-order valence-electron chi connectivity index (χ0n) is 8.88. The smallest absolute Gasteiger partial charge is 0.148 e. The number of ether oxygens (including phenoxy) is 1. The normalized spacial score (nSPS) is 11.9. The van der Waals surface area contributed by atoms with Gasteiger partial charge in [0.25, 0.3) is 0 Å². The second-order valence-electron chi connectivity index (χ2n) is 3.12. The van der Waals surface area contributed by atoms with Crippen LogP contribution in [0, 0.1) is 0 Å². The Hall–Kier alpha value is -0.170. The lowest BCUT2D eigenvalue weighted by Crippen LogP contribution is -2.31. The molecule has 0 fully saturated rings. The number of sulfone groups is 1. The van der Waals surface area contributed by atoms with E-state index < -0.39 is 9.84 Å². The summed E-state index contributed by atoms with van der Waals surface area (Å²) >= 11 is 0. The van der Waals surface area contributed by atoms with Gasteiger partial charge in [-0.15, -0.1) is 0 Å². The Balaban J connectivity index is 3.07. The predicted octanol–water partition coefficient (Wildman–Crippen LogP) is -1.14. The summed E-state index contributed by atoms with van der Waals surface area (Å²) in [5.74, 6) is 0.199. The topological polar surface area (TPSA) is 67.4 Å². The molecular weight excluding hydrogens is 204 g/mol. The van der Waals surface area contributed by atoms with Crippen molar-refractivity contribution < 1.29 is 13.2 Å². The summed E-state index contributed by atoms with van der Waals surface area (Å²) in [5.41, 5.74) is 0. The molecule has 14 heavy (non-hydrogen) atoms. The quantitative estimate of drug-likeness (QED) is 0.484. The molecule has 0 heterocycles. The van der Waals surface area contributed by atoms with Crippen LogP contribution >= 0.6 is 0 Å². The monoisotopic (exact) mass is 224 g/mol. The minimum Gasteiger partial charge on any atom is -0.383 e. The van der Waals surface area contributed by atoms with Gasteiger partial charge >= 0.3 is 0 Å². The fourth-order valence-electron chi connectivity index (χ4n) is 0.859. The Morgan fingerprint density at radius 1 is 1.07 bits per heavy atom. The van der Waals surface area contributed by atoms with Crippen LogP contribution in [0.5, 0.6) is 0 Å². The van der Waals surface area contributed by atoms with Gasteiger partial charge in [0.05, 0.1) is 12.4 Å². The van der Waals surface area contributed by atoms with Crippen LogP contribution in [-0.2, 0) is 14.6 Å². The van der Waals surface area contributed by atoms with Crippen molar-refractivity contribution in [1.82, 2.24) is 10.6 Å². The second kappa shape index (κ2) is 8.16. The molecule has 0 aliphatic heterocycles. The van der Waals surface area contributed by atoms with E-state index in [1.54, 1.807) is 7.11 Å². The van der Waals surface area contributed by atoms with Crippen LogP contribution in [0.3, 0.4) is 0 Å². The maximum absolute atomic E-state index is 10.7. The van der Waals surface area contributed by atoms with E-state index in [0.717, 1.165) is 19.6 Å². The molecule has 0 unspecified atom stereocenters. The second-order valence-corrected chi connectivity index (χ2v) is 5.38. The van der Waals surface area contributed by atoms with Gasteiger partial charge in [-0.25, -0.2) is 8.42 Å². The van der Waals surface area contributed by atoms with E-state index in [4.69, 9.17) is 4.74 Å². The van der Waals surface area contributed by atoms with E-state index in [2.05, 4.69) is 10.6 Å². The first-order chi connectivity index (χ1) is 6.56. The van der Waals surface area contributed by atoms with E-state index in [1.807, 2.05) is 0 Å².